The van der Waals surface area contributed by atoms with Gasteiger partial charge in [0.25, 0.3) is 11.8 Å². The van der Waals surface area contributed by atoms with Gasteiger partial charge in [0.05, 0.1) is 24.2 Å². The first-order valence-electron chi connectivity index (χ1n) is 9.73. The highest BCUT2D eigenvalue weighted by Crippen LogP contribution is 2.22. The number of hydrogen-bond acceptors (Lipinski definition) is 5. The second-order valence-electron chi connectivity index (χ2n) is 7.18. The van der Waals surface area contributed by atoms with Crippen LogP contribution in [0.15, 0.2) is 24.3 Å². The first-order chi connectivity index (χ1) is 13.3. The SMILES string of the molecule is CCOC(=O)CCN(CCC(C)C)C(=O)CCN1C(=O)c2ccccc2C1=O. The molecule has 0 bridgehead atoms. The molecule has 2 rings (SSSR count). The normalized spacial score (nSPS) is 13.1. The van der Waals surface area contributed by atoms with Crippen LogP contribution in [-0.4, -0.2) is 59.7 Å². The zero-order valence-corrected chi connectivity index (χ0v) is 16.8. The molecule has 1 aromatic rings. The molecule has 1 aliphatic rings. The molecule has 1 heterocycles. The molecule has 1 aliphatic heterocycles. The minimum absolute atomic E-state index is 0.0305. The summed E-state index contributed by atoms with van der Waals surface area (Å²) >= 11 is 0. The fourth-order valence-corrected chi connectivity index (χ4v) is 3.04. The molecule has 0 saturated heterocycles. The Bertz CT molecular complexity index is 709. The average Bonchev–Trinajstić information content (AvgIpc) is 2.90. The zero-order valence-electron chi connectivity index (χ0n) is 16.8. The Morgan fingerprint density at radius 3 is 2.18 bits per heavy atom. The van der Waals surface area contributed by atoms with E-state index in [2.05, 4.69) is 13.8 Å². The molecule has 0 aliphatic carbocycles. The van der Waals surface area contributed by atoms with Gasteiger partial charge in [0.2, 0.25) is 5.91 Å². The third-order valence-corrected chi connectivity index (χ3v) is 4.65. The molecule has 0 N–H and O–H groups in total. The monoisotopic (exact) mass is 388 g/mol. The van der Waals surface area contributed by atoms with Gasteiger partial charge in [0.15, 0.2) is 0 Å². The van der Waals surface area contributed by atoms with Crippen molar-refractivity contribution in [3.63, 3.8) is 0 Å². The zero-order chi connectivity index (χ0) is 20.7. The van der Waals surface area contributed by atoms with Crippen LogP contribution in [0.5, 0.6) is 0 Å². The number of esters is 1. The Balaban J connectivity index is 1.96. The predicted molar refractivity (Wildman–Crippen MR) is 104 cm³/mol. The largest absolute Gasteiger partial charge is 0.466 e. The van der Waals surface area contributed by atoms with E-state index in [1.807, 2.05) is 0 Å². The van der Waals surface area contributed by atoms with E-state index < -0.39 is 0 Å². The fourth-order valence-electron chi connectivity index (χ4n) is 3.04. The summed E-state index contributed by atoms with van der Waals surface area (Å²) in [7, 11) is 0. The molecule has 0 unspecified atom stereocenters. The van der Waals surface area contributed by atoms with Crippen molar-refractivity contribution in [1.29, 1.82) is 0 Å². The lowest BCUT2D eigenvalue weighted by Gasteiger charge is -2.24. The van der Waals surface area contributed by atoms with Gasteiger partial charge in [-0.1, -0.05) is 26.0 Å². The van der Waals surface area contributed by atoms with Gasteiger partial charge in [-0.15, -0.1) is 0 Å². The summed E-state index contributed by atoms with van der Waals surface area (Å²) in [5.41, 5.74) is 0.748. The summed E-state index contributed by atoms with van der Waals surface area (Å²) in [4.78, 5) is 51.9. The highest BCUT2D eigenvalue weighted by Gasteiger charge is 2.35. The van der Waals surface area contributed by atoms with E-state index in [1.165, 1.54) is 0 Å². The smallest absolute Gasteiger partial charge is 0.307 e. The minimum atomic E-state index is -0.367. The molecule has 152 valence electrons. The van der Waals surface area contributed by atoms with Gasteiger partial charge < -0.3 is 9.64 Å². The number of fused-ring (bicyclic) bond motifs is 1. The minimum Gasteiger partial charge on any atom is -0.466 e. The maximum absolute atomic E-state index is 12.7. The first-order valence-corrected chi connectivity index (χ1v) is 9.73. The number of rotatable bonds is 10. The molecule has 0 fully saturated rings. The fraction of sp³-hybridized carbons (Fsp3) is 0.524. The van der Waals surface area contributed by atoms with Crippen molar-refractivity contribution < 1.29 is 23.9 Å². The summed E-state index contributed by atoms with van der Waals surface area (Å²) in [6.07, 6.45) is 0.971. The third kappa shape index (κ3) is 5.41. The number of carbonyl (C=O) groups excluding carboxylic acids is 4. The summed E-state index contributed by atoms with van der Waals surface area (Å²) in [5.74, 6) is -0.844. The number of hydrogen-bond donors (Lipinski definition) is 0. The molecule has 7 nitrogen and oxygen atoms in total. The second kappa shape index (κ2) is 10.0. The summed E-state index contributed by atoms with van der Waals surface area (Å²) in [6, 6.07) is 6.65. The molecule has 0 saturated carbocycles. The van der Waals surface area contributed by atoms with Crippen LogP contribution in [0.1, 0.15) is 60.7 Å². The Labute approximate surface area is 165 Å². The van der Waals surface area contributed by atoms with Crippen LogP contribution in [-0.2, 0) is 14.3 Å². The molecular weight excluding hydrogens is 360 g/mol. The van der Waals surface area contributed by atoms with Gasteiger partial charge in [0, 0.05) is 26.1 Å². The van der Waals surface area contributed by atoms with Crippen molar-refractivity contribution in [2.75, 3.05) is 26.2 Å². The van der Waals surface area contributed by atoms with Gasteiger partial charge in [0.1, 0.15) is 0 Å². The maximum Gasteiger partial charge on any atom is 0.307 e. The lowest BCUT2D eigenvalue weighted by molar-refractivity contribution is -0.144. The van der Waals surface area contributed by atoms with E-state index in [0.717, 1.165) is 11.3 Å². The number of amides is 3. The molecule has 1 aromatic carbocycles. The van der Waals surface area contributed by atoms with Crippen LogP contribution in [0.4, 0.5) is 0 Å². The molecule has 0 radical (unpaired) electrons. The third-order valence-electron chi connectivity index (χ3n) is 4.65. The highest BCUT2D eigenvalue weighted by atomic mass is 16.5. The summed E-state index contributed by atoms with van der Waals surface area (Å²) in [6.45, 7) is 6.99. The molecule has 0 atom stereocenters. The van der Waals surface area contributed by atoms with Gasteiger partial charge in [-0.2, -0.15) is 0 Å². The lowest BCUT2D eigenvalue weighted by Crippen LogP contribution is -2.38. The average molecular weight is 388 g/mol. The highest BCUT2D eigenvalue weighted by molar-refractivity contribution is 6.21. The van der Waals surface area contributed by atoms with Crippen molar-refractivity contribution in [3.8, 4) is 0 Å². The van der Waals surface area contributed by atoms with Crippen LogP contribution in [0.3, 0.4) is 0 Å². The maximum atomic E-state index is 12.7. The summed E-state index contributed by atoms with van der Waals surface area (Å²) < 4.78 is 4.93. The number of nitrogens with zero attached hydrogens (tertiary/aromatic N) is 2. The molecule has 3 amide bonds. The second-order valence-corrected chi connectivity index (χ2v) is 7.18. The topological polar surface area (TPSA) is 84.0 Å². The van der Waals surface area contributed by atoms with Gasteiger partial charge in [-0.3, -0.25) is 24.1 Å². The van der Waals surface area contributed by atoms with Crippen molar-refractivity contribution in [3.05, 3.63) is 35.4 Å². The lowest BCUT2D eigenvalue weighted by atomic mass is 10.1. The Morgan fingerprint density at radius 1 is 1.04 bits per heavy atom. The Kier molecular flexibility index (Phi) is 7.72. The van der Waals surface area contributed by atoms with E-state index in [4.69, 9.17) is 4.74 Å². The van der Waals surface area contributed by atoms with E-state index in [-0.39, 0.29) is 49.6 Å². The van der Waals surface area contributed by atoms with Gasteiger partial charge in [-0.25, -0.2) is 0 Å². The molecule has 0 spiro atoms. The van der Waals surface area contributed by atoms with Crippen molar-refractivity contribution in [1.82, 2.24) is 9.80 Å². The number of ether oxygens (including phenoxy) is 1. The molecule has 7 heteroatoms. The summed E-state index contributed by atoms with van der Waals surface area (Å²) in [5, 5.41) is 0. The van der Waals surface area contributed by atoms with Crippen molar-refractivity contribution >= 4 is 23.7 Å². The van der Waals surface area contributed by atoms with Gasteiger partial charge >= 0.3 is 5.97 Å². The van der Waals surface area contributed by atoms with Crippen LogP contribution in [0, 0.1) is 5.92 Å². The van der Waals surface area contributed by atoms with Crippen molar-refractivity contribution in [2.24, 2.45) is 5.92 Å². The Hall–Kier alpha value is -2.70. The van der Waals surface area contributed by atoms with E-state index in [1.54, 1.807) is 36.1 Å². The Morgan fingerprint density at radius 2 is 1.64 bits per heavy atom. The number of imide groups is 1. The van der Waals surface area contributed by atoms with Gasteiger partial charge in [-0.05, 0) is 31.4 Å². The molecule has 28 heavy (non-hydrogen) atoms. The quantitative estimate of drug-likeness (QED) is 0.454. The van der Waals surface area contributed by atoms with Crippen LogP contribution < -0.4 is 0 Å². The molecular formula is C21H28N2O5. The number of benzene rings is 1. The number of carbonyl (C=O) groups is 4. The van der Waals surface area contributed by atoms with E-state index >= 15 is 0 Å². The van der Waals surface area contributed by atoms with Crippen LogP contribution in [0.25, 0.3) is 0 Å². The predicted octanol–water partition coefficient (Wildman–Crippen LogP) is 2.50. The van der Waals surface area contributed by atoms with Crippen LogP contribution >= 0.6 is 0 Å². The van der Waals surface area contributed by atoms with Crippen LogP contribution in [0.2, 0.25) is 0 Å². The molecule has 0 aromatic heterocycles. The standard InChI is InChI=1S/C21H28N2O5/c1-4-28-19(25)11-13-22(12-9-15(2)3)18(24)10-14-23-20(26)16-7-5-6-8-17(16)21(23)27/h5-8,15H,4,9-14H2,1-3H3. The van der Waals surface area contributed by atoms with E-state index in [9.17, 15) is 19.2 Å². The van der Waals surface area contributed by atoms with Crippen molar-refractivity contribution in [2.45, 2.75) is 40.0 Å². The van der Waals surface area contributed by atoms with E-state index in [0.29, 0.717) is 30.2 Å². The first kappa shape index (κ1) is 21.6.